The van der Waals surface area contributed by atoms with Crippen molar-refractivity contribution in [3.8, 4) is 0 Å². The van der Waals surface area contributed by atoms with Gasteiger partial charge >= 0.3 is 90.3 Å². The minimum Gasteiger partial charge on any atom is -0.462 e. The van der Waals surface area contributed by atoms with Crippen molar-refractivity contribution in [2.75, 3.05) is 17.3 Å². The van der Waals surface area contributed by atoms with Gasteiger partial charge in [-0.1, -0.05) is 19.3 Å². The van der Waals surface area contributed by atoms with E-state index in [4.69, 9.17) is 14.2 Å². The fourth-order valence-electron chi connectivity index (χ4n) is 5.46. The molecular weight excluding hydrogens is 731 g/mol. The molecule has 3 fully saturated rings. The third-order valence-electron chi connectivity index (χ3n) is 8.03. The van der Waals surface area contributed by atoms with Crippen LogP contribution in [0.25, 0.3) is 0 Å². The number of esters is 3. The first-order valence-corrected chi connectivity index (χ1v) is 21.9. The topological polar surface area (TPSA) is 78.9 Å². The maximum absolute atomic E-state index is 11.0. The minimum absolute atomic E-state index is 0.0862. The van der Waals surface area contributed by atoms with Crippen molar-refractivity contribution in [2.24, 2.45) is 0 Å². The van der Waals surface area contributed by atoms with Crippen molar-refractivity contribution in [1.29, 1.82) is 0 Å². The molecule has 0 aromatic rings. The SMILES string of the molecule is CCCCCCC[CH2][Sn].O=C(CCS)OC1CCCCC1.O=C(CCS)OC1CCCCC1.O=C(CCS)OC1CCCCC1. The van der Waals surface area contributed by atoms with Crippen molar-refractivity contribution in [2.45, 2.75) is 184 Å². The normalized spacial score (nSPS) is 17.3. The Morgan fingerprint density at radius 3 is 1.07 bits per heavy atom. The molecule has 0 bridgehead atoms. The van der Waals surface area contributed by atoms with E-state index in [1.807, 2.05) is 0 Å². The maximum Gasteiger partial charge on any atom is 0.306 e. The summed E-state index contributed by atoms with van der Waals surface area (Å²) >= 11 is 13.6. The zero-order valence-corrected chi connectivity index (χ0v) is 33.9. The fraction of sp³-hybridized carbons (Fsp3) is 0.914. The van der Waals surface area contributed by atoms with Crippen LogP contribution < -0.4 is 0 Å². The van der Waals surface area contributed by atoms with E-state index in [0.29, 0.717) is 36.5 Å². The Morgan fingerprint density at radius 2 is 0.800 bits per heavy atom. The maximum atomic E-state index is 11.0. The molecule has 0 aliphatic heterocycles. The van der Waals surface area contributed by atoms with Gasteiger partial charge in [-0.15, -0.1) is 0 Å². The molecule has 0 aromatic heterocycles. The molecule has 3 aliphatic rings. The van der Waals surface area contributed by atoms with Gasteiger partial charge in [0, 0.05) is 17.3 Å². The van der Waals surface area contributed by atoms with Gasteiger partial charge in [0.05, 0.1) is 19.3 Å². The molecule has 3 saturated carbocycles. The Labute approximate surface area is 306 Å². The van der Waals surface area contributed by atoms with Crippen LogP contribution in [0.4, 0.5) is 0 Å². The summed E-state index contributed by atoms with van der Waals surface area (Å²) in [6.07, 6.45) is 28.1. The average Bonchev–Trinajstić information content (AvgIpc) is 3.04. The van der Waals surface area contributed by atoms with Crippen LogP contribution >= 0.6 is 37.9 Å². The summed E-state index contributed by atoms with van der Waals surface area (Å²) in [6, 6.07) is 0. The number of hydrogen-bond acceptors (Lipinski definition) is 9. The molecule has 0 aromatic carbocycles. The van der Waals surface area contributed by atoms with Crippen LogP contribution in [0.3, 0.4) is 0 Å². The molecule has 0 spiro atoms. The predicted octanol–water partition coefficient (Wildman–Crippen LogP) is 9.48. The minimum atomic E-state index is -0.0862. The Bertz CT molecular complexity index is 610. The van der Waals surface area contributed by atoms with Gasteiger partial charge in [0.15, 0.2) is 0 Å². The average molecular weight is 797 g/mol. The standard InChI is InChI=1S/3C9H16O2S.C8H17.Sn/c3*10-9(6-7-12)11-8-4-2-1-3-5-8;1-3-5-7-8-6-4-2;/h3*8,12H,1-7H2;1,3-8H2,2H3;. The van der Waals surface area contributed by atoms with Gasteiger partial charge in [-0.05, 0) is 77.0 Å². The Kier molecular flexibility index (Phi) is 34.3. The quantitative estimate of drug-likeness (QED) is 0.0504. The molecule has 0 N–H and O–H groups in total. The molecule has 0 unspecified atom stereocenters. The number of carbonyl (C=O) groups is 3. The van der Waals surface area contributed by atoms with E-state index in [2.05, 4.69) is 44.8 Å². The molecule has 3 rings (SSSR count). The molecule has 0 atom stereocenters. The molecule has 3 radical (unpaired) electrons. The molecule has 263 valence electrons. The second-order valence-electron chi connectivity index (χ2n) is 12.2. The van der Waals surface area contributed by atoms with Crippen molar-refractivity contribution >= 4 is 78.3 Å². The number of thiol groups is 3. The second kappa shape index (κ2) is 34.1. The summed E-state index contributed by atoms with van der Waals surface area (Å²) in [5, 5.41) is 0. The first-order chi connectivity index (χ1) is 21.9. The van der Waals surface area contributed by atoms with E-state index in [1.165, 1.54) is 101 Å². The van der Waals surface area contributed by atoms with Gasteiger partial charge in [0.25, 0.3) is 0 Å². The monoisotopic (exact) mass is 797 g/mol. The Balaban J connectivity index is 0.000000578. The number of hydrogen-bond donors (Lipinski definition) is 3. The Morgan fingerprint density at radius 1 is 0.511 bits per heavy atom. The van der Waals surface area contributed by atoms with Crippen molar-refractivity contribution in [3.63, 3.8) is 0 Å². The zero-order chi connectivity index (χ0) is 33.4. The van der Waals surface area contributed by atoms with Gasteiger partial charge < -0.3 is 14.2 Å². The van der Waals surface area contributed by atoms with Crippen LogP contribution in [0.5, 0.6) is 0 Å². The number of carbonyl (C=O) groups excluding carboxylic acids is 3. The fourth-order valence-corrected chi connectivity index (χ4v) is 6.72. The molecule has 0 saturated heterocycles. The molecule has 45 heavy (non-hydrogen) atoms. The summed E-state index contributed by atoms with van der Waals surface area (Å²) < 4.78 is 17.2. The molecule has 10 heteroatoms. The van der Waals surface area contributed by atoms with E-state index in [0.717, 1.165) is 38.5 Å². The van der Waals surface area contributed by atoms with E-state index in [9.17, 15) is 14.4 Å². The number of rotatable bonds is 15. The molecule has 0 heterocycles. The zero-order valence-electron chi connectivity index (χ0n) is 28.3. The summed E-state index contributed by atoms with van der Waals surface area (Å²) in [7, 11) is 0. The third kappa shape index (κ3) is 30.1. The smallest absolute Gasteiger partial charge is 0.306 e. The summed E-state index contributed by atoms with van der Waals surface area (Å²) in [4.78, 5) is 33.1. The first-order valence-electron chi connectivity index (χ1n) is 18.0. The van der Waals surface area contributed by atoms with Crippen LogP contribution in [-0.2, 0) is 28.6 Å². The predicted molar refractivity (Wildman–Crippen MR) is 198 cm³/mol. The number of ether oxygens (including phenoxy) is 3. The second-order valence-corrected chi connectivity index (χ2v) is 15.0. The Hall–Kier alpha value is 0.259. The van der Waals surface area contributed by atoms with Crippen LogP contribution in [0, 0.1) is 0 Å². The largest absolute Gasteiger partial charge is 0.462 e. The van der Waals surface area contributed by atoms with E-state index < -0.39 is 0 Å². The van der Waals surface area contributed by atoms with Crippen LogP contribution in [0.2, 0.25) is 4.44 Å². The molecule has 3 aliphatic carbocycles. The number of unbranched alkanes of at least 4 members (excludes halogenated alkanes) is 5. The third-order valence-corrected chi connectivity index (χ3v) is 9.71. The van der Waals surface area contributed by atoms with Crippen molar-refractivity contribution < 1.29 is 28.6 Å². The van der Waals surface area contributed by atoms with Crippen molar-refractivity contribution in [3.05, 3.63) is 0 Å². The first kappa shape index (κ1) is 45.3. The van der Waals surface area contributed by atoms with Crippen molar-refractivity contribution in [1.82, 2.24) is 0 Å². The summed E-state index contributed by atoms with van der Waals surface area (Å²) in [6.45, 7) is 2.27. The van der Waals surface area contributed by atoms with Crippen LogP contribution in [-0.4, -0.2) is 76.0 Å². The van der Waals surface area contributed by atoms with E-state index in [-0.39, 0.29) is 36.2 Å². The van der Waals surface area contributed by atoms with E-state index >= 15 is 0 Å². The van der Waals surface area contributed by atoms with Gasteiger partial charge in [0.1, 0.15) is 18.3 Å². The molecule has 6 nitrogen and oxygen atoms in total. The van der Waals surface area contributed by atoms with Crippen LogP contribution in [0.15, 0.2) is 0 Å². The van der Waals surface area contributed by atoms with Gasteiger partial charge in [-0.2, -0.15) is 37.9 Å². The molecular formula is C35H65O6S3Sn. The van der Waals surface area contributed by atoms with Gasteiger partial charge in [0.2, 0.25) is 0 Å². The van der Waals surface area contributed by atoms with Gasteiger partial charge in [-0.25, -0.2) is 0 Å². The van der Waals surface area contributed by atoms with Gasteiger partial charge in [-0.3, -0.25) is 14.4 Å². The summed E-state index contributed by atoms with van der Waals surface area (Å²) in [5.74, 6) is 1.51. The summed E-state index contributed by atoms with van der Waals surface area (Å²) in [5.41, 5.74) is 0. The van der Waals surface area contributed by atoms with Crippen LogP contribution in [0.1, 0.15) is 161 Å². The van der Waals surface area contributed by atoms with E-state index in [1.54, 1.807) is 22.5 Å². The molecule has 0 amide bonds.